The van der Waals surface area contributed by atoms with Crippen molar-refractivity contribution in [3.8, 4) is 0 Å². The fourth-order valence-electron chi connectivity index (χ4n) is 2.30. The van der Waals surface area contributed by atoms with Crippen LogP contribution in [-0.2, 0) is 0 Å². The van der Waals surface area contributed by atoms with Crippen LogP contribution < -0.4 is 11.1 Å². The molecule has 2 rings (SSSR count). The normalized spacial score (nSPS) is 24.6. The Balaban J connectivity index is 2.04. The summed E-state index contributed by atoms with van der Waals surface area (Å²) in [5.74, 6) is 2.13. The highest BCUT2D eigenvalue weighted by atomic mass is 15.1. The Bertz CT molecular complexity index is 371. The lowest BCUT2D eigenvalue weighted by Crippen LogP contribution is -2.26. The molecule has 0 spiro atoms. The molecule has 1 aliphatic carbocycles. The zero-order valence-corrected chi connectivity index (χ0v) is 11.0. The van der Waals surface area contributed by atoms with Gasteiger partial charge in [0.15, 0.2) is 0 Å². The van der Waals surface area contributed by atoms with E-state index in [-0.39, 0.29) is 0 Å². The molecule has 0 aromatic carbocycles. The molecule has 3 N–H and O–H groups in total. The highest BCUT2D eigenvalue weighted by Crippen LogP contribution is 2.25. The summed E-state index contributed by atoms with van der Waals surface area (Å²) < 4.78 is 0. The van der Waals surface area contributed by atoms with Gasteiger partial charge in [-0.15, -0.1) is 0 Å². The van der Waals surface area contributed by atoms with E-state index in [0.717, 1.165) is 17.2 Å². The minimum Gasteiger partial charge on any atom is -0.383 e. The van der Waals surface area contributed by atoms with E-state index in [1.165, 1.54) is 25.7 Å². The molecular weight excluding hydrogens is 212 g/mol. The summed E-state index contributed by atoms with van der Waals surface area (Å²) in [5, 5.41) is 3.41. The van der Waals surface area contributed by atoms with Gasteiger partial charge in [0, 0.05) is 17.3 Å². The molecule has 0 amide bonds. The van der Waals surface area contributed by atoms with Gasteiger partial charge < -0.3 is 11.1 Å². The third kappa shape index (κ3) is 2.87. The average molecular weight is 234 g/mol. The number of anilines is 2. The van der Waals surface area contributed by atoms with Crippen LogP contribution >= 0.6 is 0 Å². The molecule has 0 atom stereocenters. The molecule has 4 heteroatoms. The van der Waals surface area contributed by atoms with Crippen LogP contribution in [0.3, 0.4) is 0 Å². The average Bonchev–Trinajstić information content (AvgIpc) is 2.29. The van der Waals surface area contributed by atoms with Crippen LogP contribution in [0.5, 0.6) is 0 Å². The predicted octanol–water partition coefficient (Wildman–Crippen LogP) is 2.67. The second-order valence-electron chi connectivity index (χ2n) is 5.24. The summed E-state index contributed by atoms with van der Waals surface area (Å²) in [5.41, 5.74) is 7.80. The van der Waals surface area contributed by atoms with Crippen LogP contribution in [0.2, 0.25) is 0 Å². The molecule has 0 unspecified atom stereocenters. The van der Waals surface area contributed by atoms with Crippen molar-refractivity contribution in [2.45, 2.75) is 52.5 Å². The second-order valence-corrected chi connectivity index (χ2v) is 5.24. The number of hydrogen-bond acceptors (Lipinski definition) is 4. The summed E-state index contributed by atoms with van der Waals surface area (Å²) in [4.78, 5) is 8.75. The fourth-order valence-corrected chi connectivity index (χ4v) is 2.30. The van der Waals surface area contributed by atoms with Gasteiger partial charge in [-0.25, -0.2) is 4.98 Å². The Hall–Kier alpha value is -1.32. The van der Waals surface area contributed by atoms with Crippen molar-refractivity contribution < 1.29 is 0 Å². The quantitative estimate of drug-likeness (QED) is 0.825. The zero-order valence-electron chi connectivity index (χ0n) is 11.0. The van der Waals surface area contributed by atoms with Crippen molar-refractivity contribution in [3.05, 3.63) is 11.3 Å². The number of nitrogens with one attached hydrogen (secondary N) is 1. The van der Waals surface area contributed by atoms with Crippen LogP contribution in [-0.4, -0.2) is 16.0 Å². The lowest BCUT2D eigenvalue weighted by atomic mass is 9.87. The molecule has 0 radical (unpaired) electrons. The molecule has 0 saturated heterocycles. The van der Waals surface area contributed by atoms with Crippen LogP contribution in [0, 0.1) is 19.8 Å². The Labute approximate surface area is 103 Å². The van der Waals surface area contributed by atoms with Gasteiger partial charge in [0.2, 0.25) is 5.95 Å². The monoisotopic (exact) mass is 234 g/mol. The summed E-state index contributed by atoms with van der Waals surface area (Å²) in [6.07, 6.45) is 4.99. The van der Waals surface area contributed by atoms with E-state index >= 15 is 0 Å². The minimum absolute atomic E-state index is 0.507. The first-order valence-electron chi connectivity index (χ1n) is 6.43. The number of rotatable bonds is 2. The molecule has 1 aromatic rings. The molecule has 1 aromatic heterocycles. The first-order chi connectivity index (χ1) is 8.06. The maximum Gasteiger partial charge on any atom is 0.225 e. The van der Waals surface area contributed by atoms with Gasteiger partial charge >= 0.3 is 0 Å². The molecular formula is C13H22N4. The molecule has 4 nitrogen and oxygen atoms in total. The van der Waals surface area contributed by atoms with Crippen molar-refractivity contribution in [1.82, 2.24) is 9.97 Å². The van der Waals surface area contributed by atoms with Gasteiger partial charge in [0.05, 0.1) is 0 Å². The summed E-state index contributed by atoms with van der Waals surface area (Å²) >= 11 is 0. The first kappa shape index (κ1) is 12.1. The van der Waals surface area contributed by atoms with Crippen LogP contribution in [0.15, 0.2) is 0 Å². The highest BCUT2D eigenvalue weighted by Gasteiger charge is 2.19. The highest BCUT2D eigenvalue weighted by molar-refractivity contribution is 5.46. The van der Waals surface area contributed by atoms with Gasteiger partial charge in [-0.1, -0.05) is 6.92 Å². The van der Waals surface area contributed by atoms with Crippen molar-refractivity contribution in [2.75, 3.05) is 11.1 Å². The van der Waals surface area contributed by atoms with Crippen LogP contribution in [0.4, 0.5) is 11.8 Å². The maximum absolute atomic E-state index is 5.86. The van der Waals surface area contributed by atoms with E-state index < -0.39 is 0 Å². The van der Waals surface area contributed by atoms with Crippen LogP contribution in [0.1, 0.15) is 43.9 Å². The third-order valence-corrected chi connectivity index (χ3v) is 3.78. The number of aryl methyl sites for hydroxylation is 1. The molecule has 1 aliphatic rings. The predicted molar refractivity (Wildman–Crippen MR) is 71.0 cm³/mol. The van der Waals surface area contributed by atoms with E-state index in [4.69, 9.17) is 5.73 Å². The Kier molecular flexibility index (Phi) is 3.50. The number of nitrogens with zero attached hydrogens (tertiary/aromatic N) is 2. The van der Waals surface area contributed by atoms with Crippen molar-refractivity contribution in [1.29, 1.82) is 0 Å². The molecule has 17 heavy (non-hydrogen) atoms. The molecule has 94 valence electrons. The molecule has 1 heterocycles. The minimum atomic E-state index is 0.507. The van der Waals surface area contributed by atoms with Crippen LogP contribution in [0.25, 0.3) is 0 Å². The lowest BCUT2D eigenvalue weighted by molar-refractivity contribution is 0.360. The zero-order chi connectivity index (χ0) is 12.4. The molecule has 1 fully saturated rings. The van der Waals surface area contributed by atoms with Crippen molar-refractivity contribution >= 4 is 11.8 Å². The van der Waals surface area contributed by atoms with Gasteiger partial charge in [-0.3, -0.25) is 0 Å². The first-order valence-corrected chi connectivity index (χ1v) is 6.43. The van der Waals surface area contributed by atoms with E-state index in [9.17, 15) is 0 Å². The largest absolute Gasteiger partial charge is 0.383 e. The Morgan fingerprint density at radius 2 is 1.76 bits per heavy atom. The Morgan fingerprint density at radius 1 is 1.12 bits per heavy atom. The maximum atomic E-state index is 5.86. The SMILES string of the molecule is Cc1nc(NC2CCC(C)CC2)nc(N)c1C. The standard InChI is InChI=1S/C13H22N4/c1-8-4-6-11(7-5-8)16-13-15-10(3)9(2)12(14)17-13/h8,11H,4-7H2,1-3H3,(H3,14,15,16,17). The number of nitrogen functional groups attached to an aromatic ring is 1. The molecule has 1 saturated carbocycles. The van der Waals surface area contributed by atoms with Gasteiger partial charge in [0.25, 0.3) is 0 Å². The smallest absolute Gasteiger partial charge is 0.225 e. The molecule has 0 bridgehead atoms. The van der Waals surface area contributed by atoms with Gasteiger partial charge in [-0.05, 0) is 45.4 Å². The van der Waals surface area contributed by atoms with Crippen molar-refractivity contribution in [3.63, 3.8) is 0 Å². The van der Waals surface area contributed by atoms with E-state index in [1.54, 1.807) is 0 Å². The fraction of sp³-hybridized carbons (Fsp3) is 0.692. The topological polar surface area (TPSA) is 63.8 Å². The number of nitrogens with two attached hydrogens (primary N) is 1. The lowest BCUT2D eigenvalue weighted by Gasteiger charge is -2.27. The van der Waals surface area contributed by atoms with Gasteiger partial charge in [-0.2, -0.15) is 4.98 Å². The molecule has 0 aliphatic heterocycles. The number of aromatic nitrogens is 2. The van der Waals surface area contributed by atoms with E-state index in [2.05, 4.69) is 22.2 Å². The summed E-state index contributed by atoms with van der Waals surface area (Å²) in [6.45, 7) is 6.25. The van der Waals surface area contributed by atoms with Gasteiger partial charge in [0.1, 0.15) is 5.82 Å². The van der Waals surface area contributed by atoms with Crippen molar-refractivity contribution in [2.24, 2.45) is 5.92 Å². The summed E-state index contributed by atoms with van der Waals surface area (Å²) in [6, 6.07) is 0.507. The summed E-state index contributed by atoms with van der Waals surface area (Å²) in [7, 11) is 0. The second kappa shape index (κ2) is 4.90. The van der Waals surface area contributed by atoms with E-state index in [0.29, 0.717) is 17.8 Å². The Morgan fingerprint density at radius 3 is 2.35 bits per heavy atom. The third-order valence-electron chi connectivity index (χ3n) is 3.78. The van der Waals surface area contributed by atoms with E-state index in [1.807, 2.05) is 13.8 Å². The number of hydrogen-bond donors (Lipinski definition) is 2.